The highest BCUT2D eigenvalue weighted by Gasteiger charge is 2.16. The van der Waals surface area contributed by atoms with Gasteiger partial charge in [0.25, 0.3) is 0 Å². The maximum absolute atomic E-state index is 12.0. The van der Waals surface area contributed by atoms with Gasteiger partial charge in [0.15, 0.2) is 0 Å². The first-order valence-corrected chi connectivity index (χ1v) is 9.23. The molecule has 0 aromatic carbocycles. The molecule has 3 rings (SSSR count). The molecule has 0 unspecified atom stereocenters. The Morgan fingerprint density at radius 1 is 1.14 bits per heavy atom. The molecule has 2 aliphatic carbocycles. The van der Waals surface area contributed by atoms with E-state index in [1.807, 2.05) is 11.3 Å². The van der Waals surface area contributed by atoms with E-state index in [9.17, 15) is 4.79 Å². The SMILES string of the molecule is O=C(CNCc1cc2c(s1)CCC2)NC1CCCCCC1. The molecule has 21 heavy (non-hydrogen) atoms. The van der Waals surface area contributed by atoms with Gasteiger partial charge in [-0.2, -0.15) is 0 Å². The summed E-state index contributed by atoms with van der Waals surface area (Å²) in [6, 6.07) is 2.73. The van der Waals surface area contributed by atoms with Crippen LogP contribution in [0.2, 0.25) is 0 Å². The zero-order chi connectivity index (χ0) is 14.5. The van der Waals surface area contributed by atoms with Crippen molar-refractivity contribution in [2.75, 3.05) is 6.54 Å². The van der Waals surface area contributed by atoms with E-state index in [0.717, 1.165) is 19.4 Å². The predicted octanol–water partition coefficient (Wildman–Crippen LogP) is 3.17. The van der Waals surface area contributed by atoms with Crippen molar-refractivity contribution in [2.45, 2.75) is 70.4 Å². The maximum atomic E-state index is 12.0. The molecule has 0 radical (unpaired) electrons. The van der Waals surface area contributed by atoms with Gasteiger partial charge < -0.3 is 10.6 Å². The molecule has 1 aromatic rings. The lowest BCUT2D eigenvalue weighted by atomic mass is 10.1. The molecular formula is C17H26N2OS. The second-order valence-corrected chi connectivity index (χ2v) is 7.60. The molecule has 0 aliphatic heterocycles. The third kappa shape index (κ3) is 4.30. The lowest BCUT2D eigenvalue weighted by Crippen LogP contribution is -2.40. The van der Waals surface area contributed by atoms with Crippen molar-refractivity contribution < 1.29 is 4.79 Å². The van der Waals surface area contributed by atoms with Crippen LogP contribution in [0.5, 0.6) is 0 Å². The van der Waals surface area contributed by atoms with Crippen LogP contribution in [-0.4, -0.2) is 18.5 Å². The Morgan fingerprint density at radius 3 is 2.71 bits per heavy atom. The van der Waals surface area contributed by atoms with Crippen LogP contribution in [0, 0.1) is 0 Å². The van der Waals surface area contributed by atoms with Crippen molar-refractivity contribution in [3.63, 3.8) is 0 Å². The lowest BCUT2D eigenvalue weighted by molar-refractivity contribution is -0.121. The van der Waals surface area contributed by atoms with Gasteiger partial charge in [-0.15, -0.1) is 11.3 Å². The molecule has 1 saturated carbocycles. The summed E-state index contributed by atoms with van der Waals surface area (Å²) >= 11 is 1.92. The summed E-state index contributed by atoms with van der Waals surface area (Å²) in [5.74, 6) is 0.158. The molecule has 0 spiro atoms. The second-order valence-electron chi connectivity index (χ2n) is 6.37. The third-order valence-electron chi connectivity index (χ3n) is 4.60. The minimum absolute atomic E-state index is 0.158. The number of hydrogen-bond donors (Lipinski definition) is 2. The normalized spacial score (nSPS) is 19.2. The number of carbonyl (C=O) groups excluding carboxylic acids is 1. The number of rotatable bonds is 5. The van der Waals surface area contributed by atoms with Gasteiger partial charge in [0, 0.05) is 22.3 Å². The van der Waals surface area contributed by atoms with Gasteiger partial charge in [0.1, 0.15) is 0 Å². The second kappa shape index (κ2) is 7.41. The van der Waals surface area contributed by atoms with Crippen LogP contribution < -0.4 is 10.6 Å². The highest BCUT2D eigenvalue weighted by atomic mass is 32.1. The van der Waals surface area contributed by atoms with E-state index in [4.69, 9.17) is 0 Å². The Morgan fingerprint density at radius 2 is 1.95 bits per heavy atom. The monoisotopic (exact) mass is 306 g/mol. The Kier molecular flexibility index (Phi) is 5.31. The number of hydrogen-bond acceptors (Lipinski definition) is 3. The first-order valence-electron chi connectivity index (χ1n) is 8.42. The fourth-order valence-corrected chi connectivity index (χ4v) is 4.71. The Hall–Kier alpha value is -0.870. The first kappa shape index (κ1) is 15.0. The average molecular weight is 306 g/mol. The third-order valence-corrected chi connectivity index (χ3v) is 5.84. The largest absolute Gasteiger partial charge is 0.352 e. The molecule has 2 aliphatic rings. The standard InChI is InChI=1S/C17H26N2OS/c20-17(19-14-7-3-1-2-4-8-14)12-18-11-15-10-13-6-5-9-16(13)21-15/h10,14,18H,1-9,11-12H2,(H,19,20). The first-order chi connectivity index (χ1) is 10.3. The zero-order valence-electron chi connectivity index (χ0n) is 12.7. The zero-order valence-corrected chi connectivity index (χ0v) is 13.6. The van der Waals surface area contributed by atoms with E-state index >= 15 is 0 Å². The fourth-order valence-electron chi connectivity index (χ4n) is 3.48. The van der Waals surface area contributed by atoms with Gasteiger partial charge in [-0.1, -0.05) is 25.7 Å². The molecule has 0 saturated heterocycles. The van der Waals surface area contributed by atoms with E-state index in [1.165, 1.54) is 49.8 Å². The molecule has 1 aromatic heterocycles. The molecule has 1 heterocycles. The molecule has 0 atom stereocenters. The summed E-state index contributed by atoms with van der Waals surface area (Å²) in [5, 5.41) is 6.48. The van der Waals surface area contributed by atoms with Crippen LogP contribution in [-0.2, 0) is 24.2 Å². The Labute approximate surface area is 131 Å². The summed E-state index contributed by atoms with van der Waals surface area (Å²) < 4.78 is 0. The van der Waals surface area contributed by atoms with Gasteiger partial charge in [0.2, 0.25) is 5.91 Å². The number of nitrogens with one attached hydrogen (secondary N) is 2. The van der Waals surface area contributed by atoms with Crippen LogP contribution in [0.1, 0.15) is 60.3 Å². The maximum Gasteiger partial charge on any atom is 0.234 e. The number of thiophene rings is 1. The van der Waals surface area contributed by atoms with Crippen molar-refractivity contribution in [1.82, 2.24) is 10.6 Å². The summed E-state index contributed by atoms with van der Waals surface area (Å²) in [4.78, 5) is 14.9. The fraction of sp³-hybridized carbons (Fsp3) is 0.706. The average Bonchev–Trinajstić information content (AvgIpc) is 2.94. The number of aryl methyl sites for hydroxylation is 2. The molecule has 2 N–H and O–H groups in total. The highest BCUT2D eigenvalue weighted by molar-refractivity contribution is 7.12. The van der Waals surface area contributed by atoms with Gasteiger partial charge in [-0.3, -0.25) is 4.79 Å². The van der Waals surface area contributed by atoms with Crippen LogP contribution in [0.3, 0.4) is 0 Å². The summed E-state index contributed by atoms with van der Waals surface area (Å²) in [6.45, 7) is 1.27. The predicted molar refractivity (Wildman–Crippen MR) is 87.7 cm³/mol. The number of carbonyl (C=O) groups is 1. The van der Waals surface area contributed by atoms with Crippen molar-refractivity contribution in [2.24, 2.45) is 0 Å². The molecule has 4 heteroatoms. The van der Waals surface area contributed by atoms with Crippen molar-refractivity contribution in [3.8, 4) is 0 Å². The topological polar surface area (TPSA) is 41.1 Å². The van der Waals surface area contributed by atoms with E-state index in [0.29, 0.717) is 12.6 Å². The van der Waals surface area contributed by atoms with Crippen LogP contribution in [0.15, 0.2) is 6.07 Å². The lowest BCUT2D eigenvalue weighted by Gasteiger charge is -2.16. The quantitative estimate of drug-likeness (QED) is 0.821. The van der Waals surface area contributed by atoms with Crippen LogP contribution >= 0.6 is 11.3 Å². The van der Waals surface area contributed by atoms with Gasteiger partial charge in [-0.05, 0) is 43.7 Å². The molecular weight excluding hydrogens is 280 g/mol. The Balaban J connectivity index is 1.37. The van der Waals surface area contributed by atoms with Gasteiger partial charge in [-0.25, -0.2) is 0 Å². The van der Waals surface area contributed by atoms with E-state index in [1.54, 1.807) is 10.4 Å². The number of fused-ring (bicyclic) bond motifs is 1. The molecule has 0 bridgehead atoms. The van der Waals surface area contributed by atoms with E-state index in [2.05, 4.69) is 16.7 Å². The molecule has 1 amide bonds. The van der Waals surface area contributed by atoms with Crippen molar-refractivity contribution >= 4 is 17.2 Å². The summed E-state index contributed by atoms with van der Waals surface area (Å²) in [7, 11) is 0. The minimum atomic E-state index is 0.158. The van der Waals surface area contributed by atoms with E-state index in [-0.39, 0.29) is 5.91 Å². The van der Waals surface area contributed by atoms with Gasteiger partial charge in [0.05, 0.1) is 6.54 Å². The van der Waals surface area contributed by atoms with Gasteiger partial charge >= 0.3 is 0 Å². The smallest absolute Gasteiger partial charge is 0.234 e. The summed E-state index contributed by atoms with van der Waals surface area (Å²) in [5.41, 5.74) is 1.54. The molecule has 1 fully saturated rings. The van der Waals surface area contributed by atoms with Crippen molar-refractivity contribution in [1.29, 1.82) is 0 Å². The molecule has 116 valence electrons. The van der Waals surface area contributed by atoms with Crippen molar-refractivity contribution in [3.05, 3.63) is 21.4 Å². The van der Waals surface area contributed by atoms with Crippen LogP contribution in [0.4, 0.5) is 0 Å². The Bertz CT molecular complexity index is 454. The minimum Gasteiger partial charge on any atom is -0.352 e. The number of amides is 1. The van der Waals surface area contributed by atoms with E-state index < -0.39 is 0 Å². The highest BCUT2D eigenvalue weighted by Crippen LogP contribution is 2.30. The van der Waals surface area contributed by atoms with Crippen LogP contribution in [0.25, 0.3) is 0 Å². The summed E-state index contributed by atoms with van der Waals surface area (Å²) in [6.07, 6.45) is 11.3. The molecule has 3 nitrogen and oxygen atoms in total.